The fraction of sp³-hybridized carbons (Fsp3) is 0.118. The van der Waals surface area contributed by atoms with Gasteiger partial charge in [0, 0.05) is 17.1 Å². The Balaban J connectivity index is 2.07. The van der Waals surface area contributed by atoms with Crippen LogP contribution in [0.2, 0.25) is 5.02 Å². The van der Waals surface area contributed by atoms with Gasteiger partial charge in [0.15, 0.2) is 5.11 Å². The Bertz CT molecular complexity index is 943. The van der Waals surface area contributed by atoms with Gasteiger partial charge in [-0.25, -0.2) is 4.39 Å². The number of rotatable bonds is 2. The van der Waals surface area contributed by atoms with Crippen LogP contribution in [0.15, 0.2) is 29.8 Å². The van der Waals surface area contributed by atoms with Crippen molar-refractivity contribution < 1.29 is 14.0 Å². The summed E-state index contributed by atoms with van der Waals surface area (Å²) in [5.74, 6) is -1.60. The smallest absolute Gasteiger partial charge is 0.263 e. The lowest BCUT2D eigenvalue weighted by Gasteiger charge is -2.16. The van der Waals surface area contributed by atoms with Crippen molar-refractivity contribution in [2.24, 2.45) is 0 Å². The predicted octanol–water partition coefficient (Wildman–Crippen LogP) is 2.80. The van der Waals surface area contributed by atoms with Gasteiger partial charge in [-0.15, -0.1) is 0 Å². The molecule has 1 saturated heterocycles. The van der Waals surface area contributed by atoms with E-state index >= 15 is 0 Å². The van der Waals surface area contributed by atoms with Crippen LogP contribution in [0.3, 0.4) is 0 Å². The summed E-state index contributed by atoms with van der Waals surface area (Å²) in [7, 11) is 0. The van der Waals surface area contributed by atoms with Crippen molar-refractivity contribution in [1.29, 1.82) is 0 Å². The molecule has 8 heteroatoms. The highest BCUT2D eigenvalue weighted by atomic mass is 35.5. The van der Waals surface area contributed by atoms with Gasteiger partial charge in [-0.05, 0) is 62.0 Å². The molecule has 0 spiro atoms. The highest BCUT2D eigenvalue weighted by Gasteiger charge is 2.26. The Labute approximate surface area is 153 Å². The fourth-order valence-electron chi connectivity index (χ4n) is 2.72. The molecule has 3 rings (SSSR count). The number of carbonyl (C=O) groups excluding carboxylic acids is 2. The lowest BCUT2D eigenvalue weighted by Crippen LogP contribution is -2.51. The third-order valence-corrected chi connectivity index (χ3v) is 4.37. The summed E-state index contributed by atoms with van der Waals surface area (Å²) in [5, 5.41) is 4.79. The average Bonchev–Trinajstić information content (AvgIpc) is 2.80. The van der Waals surface area contributed by atoms with Gasteiger partial charge in [-0.1, -0.05) is 11.6 Å². The third kappa shape index (κ3) is 3.20. The zero-order valence-corrected chi connectivity index (χ0v) is 14.9. The van der Waals surface area contributed by atoms with Crippen molar-refractivity contribution in [3.8, 4) is 5.69 Å². The van der Waals surface area contributed by atoms with Crippen molar-refractivity contribution in [1.82, 2.24) is 15.2 Å². The van der Waals surface area contributed by atoms with Crippen molar-refractivity contribution in [3.05, 3.63) is 57.6 Å². The Kier molecular flexibility index (Phi) is 4.45. The van der Waals surface area contributed by atoms with Crippen molar-refractivity contribution in [2.45, 2.75) is 13.8 Å². The van der Waals surface area contributed by atoms with E-state index in [2.05, 4.69) is 10.6 Å². The van der Waals surface area contributed by atoms with Crippen LogP contribution in [0.5, 0.6) is 0 Å². The zero-order valence-electron chi connectivity index (χ0n) is 13.3. The van der Waals surface area contributed by atoms with Crippen LogP contribution in [-0.2, 0) is 9.59 Å². The highest BCUT2D eigenvalue weighted by molar-refractivity contribution is 7.80. The Morgan fingerprint density at radius 3 is 2.40 bits per heavy atom. The number of benzene rings is 1. The maximum Gasteiger partial charge on any atom is 0.263 e. The number of hydrogen-bond acceptors (Lipinski definition) is 3. The summed E-state index contributed by atoms with van der Waals surface area (Å²) in [6.07, 6.45) is 1.50. The van der Waals surface area contributed by atoms with E-state index in [4.69, 9.17) is 23.8 Å². The minimum absolute atomic E-state index is 0.0152. The van der Waals surface area contributed by atoms with E-state index in [9.17, 15) is 14.0 Å². The largest absolute Gasteiger partial charge is 0.318 e. The molecule has 0 saturated carbocycles. The molecule has 5 nitrogen and oxygen atoms in total. The number of halogens is 2. The van der Waals surface area contributed by atoms with Crippen LogP contribution in [-0.4, -0.2) is 21.5 Å². The molecular weight excluding hydrogens is 365 g/mol. The van der Waals surface area contributed by atoms with Crippen LogP contribution in [0.1, 0.15) is 17.0 Å². The van der Waals surface area contributed by atoms with Gasteiger partial charge in [0.05, 0.1) is 5.02 Å². The normalized spacial score (nSPS) is 14.4. The van der Waals surface area contributed by atoms with Gasteiger partial charge in [0.25, 0.3) is 11.8 Å². The van der Waals surface area contributed by atoms with Crippen LogP contribution in [0.4, 0.5) is 4.39 Å². The predicted molar refractivity (Wildman–Crippen MR) is 97.1 cm³/mol. The molecule has 2 heterocycles. The maximum absolute atomic E-state index is 13.4. The number of nitrogens with one attached hydrogen (secondary N) is 2. The fourth-order valence-corrected chi connectivity index (χ4v) is 3.08. The molecule has 1 aromatic carbocycles. The van der Waals surface area contributed by atoms with Gasteiger partial charge in [0.2, 0.25) is 0 Å². The summed E-state index contributed by atoms with van der Waals surface area (Å²) in [4.78, 5) is 24.0. The maximum atomic E-state index is 13.4. The first-order valence-corrected chi connectivity index (χ1v) is 8.09. The standard InChI is InChI=1S/C17H13ClFN3O2S/c1-8-5-10(6-12-15(23)20-17(25)21-16(12)24)9(2)22(8)11-3-4-14(19)13(18)7-11/h3-7H,1-2H3,(H2,20,21,23,24,25). The van der Waals surface area contributed by atoms with E-state index in [1.165, 1.54) is 18.2 Å². The number of hydrogen-bond donors (Lipinski definition) is 2. The second kappa shape index (κ2) is 6.42. The van der Waals surface area contributed by atoms with Crippen molar-refractivity contribution >= 4 is 46.8 Å². The molecular formula is C17H13ClFN3O2S. The molecule has 2 amide bonds. The summed E-state index contributed by atoms with van der Waals surface area (Å²) in [5.41, 5.74) is 2.96. The molecule has 1 aromatic heterocycles. The first-order valence-electron chi connectivity index (χ1n) is 7.30. The molecule has 1 fully saturated rings. The molecule has 1 aliphatic heterocycles. The second-order valence-electron chi connectivity index (χ2n) is 5.56. The molecule has 0 unspecified atom stereocenters. The minimum Gasteiger partial charge on any atom is -0.318 e. The van der Waals surface area contributed by atoms with E-state index < -0.39 is 17.6 Å². The van der Waals surface area contributed by atoms with Gasteiger partial charge in [-0.2, -0.15) is 0 Å². The Morgan fingerprint density at radius 1 is 1.16 bits per heavy atom. The highest BCUT2D eigenvalue weighted by Crippen LogP contribution is 2.26. The summed E-state index contributed by atoms with van der Waals surface area (Å²) in [6, 6.07) is 6.24. The number of carbonyl (C=O) groups is 2. The van der Waals surface area contributed by atoms with Crippen LogP contribution in [0.25, 0.3) is 11.8 Å². The lowest BCUT2D eigenvalue weighted by atomic mass is 10.1. The SMILES string of the molecule is Cc1cc(C=C2C(=O)NC(=S)NC2=O)c(C)n1-c1ccc(F)c(Cl)c1. The Hall–Kier alpha value is -2.51. The van der Waals surface area contributed by atoms with E-state index in [0.717, 1.165) is 11.4 Å². The van der Waals surface area contributed by atoms with E-state index in [0.29, 0.717) is 11.3 Å². The van der Waals surface area contributed by atoms with Gasteiger partial charge in [0.1, 0.15) is 11.4 Å². The summed E-state index contributed by atoms with van der Waals surface area (Å²) >= 11 is 10.6. The van der Waals surface area contributed by atoms with Gasteiger partial charge >= 0.3 is 0 Å². The molecule has 0 radical (unpaired) electrons. The number of nitrogens with zero attached hydrogens (tertiary/aromatic N) is 1. The summed E-state index contributed by atoms with van der Waals surface area (Å²) < 4.78 is 15.3. The van der Waals surface area contributed by atoms with E-state index in [-0.39, 0.29) is 15.7 Å². The van der Waals surface area contributed by atoms with Gasteiger partial charge < -0.3 is 4.57 Å². The van der Waals surface area contributed by atoms with Crippen LogP contribution >= 0.6 is 23.8 Å². The third-order valence-electron chi connectivity index (χ3n) is 3.87. The summed E-state index contributed by atoms with van der Waals surface area (Å²) in [6.45, 7) is 3.70. The van der Waals surface area contributed by atoms with E-state index in [1.807, 2.05) is 24.5 Å². The quantitative estimate of drug-likeness (QED) is 0.480. The molecule has 25 heavy (non-hydrogen) atoms. The second-order valence-corrected chi connectivity index (χ2v) is 6.37. The number of thiocarbonyl (C=S) groups is 1. The van der Waals surface area contributed by atoms with Crippen molar-refractivity contribution in [2.75, 3.05) is 0 Å². The van der Waals surface area contributed by atoms with Crippen molar-refractivity contribution in [3.63, 3.8) is 0 Å². The number of amides is 2. The topological polar surface area (TPSA) is 63.1 Å². The molecule has 1 aliphatic rings. The first kappa shape index (κ1) is 17.3. The zero-order chi connectivity index (χ0) is 18.3. The number of aromatic nitrogens is 1. The molecule has 0 bridgehead atoms. The molecule has 128 valence electrons. The molecule has 2 N–H and O–H groups in total. The molecule has 2 aromatic rings. The monoisotopic (exact) mass is 377 g/mol. The van der Waals surface area contributed by atoms with E-state index in [1.54, 1.807) is 6.07 Å². The van der Waals surface area contributed by atoms with Crippen LogP contribution in [0, 0.1) is 19.7 Å². The van der Waals surface area contributed by atoms with Crippen LogP contribution < -0.4 is 10.6 Å². The first-order chi connectivity index (χ1) is 11.8. The molecule has 0 atom stereocenters. The average molecular weight is 378 g/mol. The molecule has 0 aliphatic carbocycles. The minimum atomic E-state index is -0.552. The Morgan fingerprint density at radius 2 is 1.80 bits per heavy atom. The lowest BCUT2D eigenvalue weighted by molar-refractivity contribution is -0.123. The van der Waals surface area contributed by atoms with Gasteiger partial charge in [-0.3, -0.25) is 20.2 Å². The number of aryl methyl sites for hydroxylation is 1.